The Hall–Kier alpha value is -9.95. The first kappa shape index (κ1) is 87.1. The summed E-state index contributed by atoms with van der Waals surface area (Å²) in [7, 11) is 0. The van der Waals surface area contributed by atoms with E-state index in [-0.39, 0.29) is 44.6 Å². The molecule has 0 spiro atoms. The van der Waals surface area contributed by atoms with Crippen LogP contribution in [-0.4, -0.2) is 257 Å². The van der Waals surface area contributed by atoms with Gasteiger partial charge in [-0.2, -0.15) is 0 Å². The van der Waals surface area contributed by atoms with Crippen molar-refractivity contribution < 1.29 is 107 Å². The molecule has 0 aliphatic carbocycles. The van der Waals surface area contributed by atoms with Crippen molar-refractivity contribution in [1.29, 1.82) is 0 Å². The molecule has 38 heteroatoms. The number of carbonyl (C=O) groups excluding carboxylic acids is 15. The average molecular weight is 1430 g/mol. The standard InChI is InChI=1S/C63H100N16O22/c1-9-34(7)52(61(99)74-41(30-81)58(96)69-25-46(85)71-38(21-32(3)4)55(93)70-28-50(90)91)77-48(87)27-68-56(94)39(22-36-15-12-11-13-16-36)72-45(84)24-65-44(83)23-67-57(95)40(29-80)73-59(97)42(31-82)75-62(100)53(35(8)10-2)78-60(98)43-17-14-20-79(43)63(101)51(33(5)6)76-47(86)26-66-54(92)37(64)18-19-49(88)89/h11-13,15-16,32-35,37-43,51-53,80-82H,9-10,14,17-31,64H2,1-8H3,(H,65,83)(H,66,92)(H,67,95)(H,68,94)(H,69,96)(H,70,93)(H,71,85)(H,72,84)(H,73,97)(H,74,99)(H,75,100)(H,76,86)(H,77,87)(H,78,98)(H,88,89)(H,90,91)/t34-,35-,37-,38-,39-,40-,41-,42-,43-,51-,52-,53-/m0/s1. The Morgan fingerprint density at radius 3 is 1.36 bits per heavy atom. The molecule has 1 aromatic carbocycles. The number of rotatable bonds is 45. The summed E-state index contributed by atoms with van der Waals surface area (Å²) in [5.74, 6) is -17.9. The largest absolute Gasteiger partial charge is 0.481 e. The molecule has 1 aliphatic rings. The smallest absolute Gasteiger partial charge is 0.322 e. The van der Waals surface area contributed by atoms with Crippen LogP contribution in [0.3, 0.4) is 0 Å². The van der Waals surface area contributed by atoms with Gasteiger partial charge in [0.1, 0.15) is 60.9 Å². The minimum Gasteiger partial charge on any atom is -0.481 e. The minimum atomic E-state index is -1.79. The fraction of sp³-hybridized carbons (Fsp3) is 0.635. The summed E-state index contributed by atoms with van der Waals surface area (Å²) in [4.78, 5) is 222. The van der Waals surface area contributed by atoms with E-state index in [9.17, 15) is 96.8 Å². The minimum absolute atomic E-state index is 0.0899. The zero-order valence-corrected chi connectivity index (χ0v) is 57.9. The molecule has 1 aromatic rings. The molecule has 38 nitrogen and oxygen atoms in total. The lowest BCUT2D eigenvalue weighted by Crippen LogP contribution is -2.61. The van der Waals surface area contributed by atoms with Crippen LogP contribution in [0.5, 0.6) is 0 Å². The number of benzene rings is 1. The van der Waals surface area contributed by atoms with Gasteiger partial charge in [0.15, 0.2) is 0 Å². The lowest BCUT2D eigenvalue weighted by Gasteiger charge is -2.32. The van der Waals surface area contributed by atoms with Crippen molar-refractivity contribution in [3.05, 3.63) is 35.9 Å². The molecule has 101 heavy (non-hydrogen) atoms. The van der Waals surface area contributed by atoms with Gasteiger partial charge in [-0.3, -0.25) is 81.5 Å². The maximum atomic E-state index is 13.9. The Kier molecular flexibility index (Phi) is 38.8. The van der Waals surface area contributed by atoms with E-state index < -0.39 is 238 Å². The predicted molar refractivity (Wildman–Crippen MR) is 355 cm³/mol. The van der Waals surface area contributed by atoms with Crippen molar-refractivity contribution in [2.75, 3.05) is 65.6 Å². The van der Waals surface area contributed by atoms with E-state index >= 15 is 0 Å². The van der Waals surface area contributed by atoms with Gasteiger partial charge < -0.3 is 111 Å². The van der Waals surface area contributed by atoms with Crippen molar-refractivity contribution >= 4 is 101 Å². The number of hydrogen-bond acceptors (Lipinski definition) is 21. The highest BCUT2D eigenvalue weighted by Crippen LogP contribution is 2.22. The van der Waals surface area contributed by atoms with Crippen molar-refractivity contribution in [2.45, 2.75) is 167 Å². The molecule has 15 amide bonds. The molecule has 12 atom stereocenters. The monoisotopic (exact) mass is 1430 g/mol. The summed E-state index contributed by atoms with van der Waals surface area (Å²) in [6.07, 6.45) is 0.511. The fourth-order valence-electron chi connectivity index (χ4n) is 9.84. The van der Waals surface area contributed by atoms with Crippen LogP contribution in [0, 0.1) is 23.7 Å². The quantitative estimate of drug-likeness (QED) is 0.0288. The maximum absolute atomic E-state index is 13.9. The van der Waals surface area contributed by atoms with E-state index in [1.165, 1.54) is 4.90 Å². The van der Waals surface area contributed by atoms with Crippen LogP contribution in [0.2, 0.25) is 0 Å². The first-order chi connectivity index (χ1) is 47.6. The van der Waals surface area contributed by atoms with Gasteiger partial charge >= 0.3 is 11.9 Å². The van der Waals surface area contributed by atoms with E-state index in [2.05, 4.69) is 74.4 Å². The lowest BCUT2D eigenvalue weighted by molar-refractivity contribution is -0.143. The number of carbonyl (C=O) groups is 17. The summed E-state index contributed by atoms with van der Waals surface area (Å²) in [6, 6.07) is -5.73. The number of aliphatic hydroxyl groups excluding tert-OH is 3. The number of nitrogens with zero attached hydrogens (tertiary/aromatic N) is 1. The highest BCUT2D eigenvalue weighted by molar-refractivity contribution is 5.99. The zero-order valence-electron chi connectivity index (χ0n) is 57.9. The number of hydrogen-bond donors (Lipinski definition) is 20. The Morgan fingerprint density at radius 2 is 0.881 bits per heavy atom. The number of aliphatic carboxylic acids is 2. The van der Waals surface area contributed by atoms with Gasteiger partial charge in [-0.05, 0) is 54.9 Å². The van der Waals surface area contributed by atoms with Crippen LogP contribution in [0.25, 0.3) is 0 Å². The summed E-state index contributed by atoms with van der Waals surface area (Å²) in [5, 5.41) is 80.9. The van der Waals surface area contributed by atoms with Gasteiger partial charge in [0.2, 0.25) is 88.6 Å². The molecule has 21 N–H and O–H groups in total. The molecule has 564 valence electrons. The number of carboxylic acid groups (broad SMARTS) is 2. The Morgan fingerprint density at radius 1 is 0.465 bits per heavy atom. The summed E-state index contributed by atoms with van der Waals surface area (Å²) >= 11 is 0. The molecule has 0 unspecified atom stereocenters. The van der Waals surface area contributed by atoms with Gasteiger partial charge in [0.25, 0.3) is 0 Å². The Bertz CT molecular complexity index is 3050. The third-order valence-electron chi connectivity index (χ3n) is 16.0. The van der Waals surface area contributed by atoms with Crippen LogP contribution in [0.1, 0.15) is 106 Å². The Labute approximate surface area is 583 Å². The molecule has 0 bridgehead atoms. The highest BCUT2D eigenvalue weighted by Gasteiger charge is 2.41. The summed E-state index contributed by atoms with van der Waals surface area (Å²) in [5.41, 5.74) is 6.25. The third-order valence-corrected chi connectivity index (χ3v) is 16.0. The van der Waals surface area contributed by atoms with Crippen LogP contribution in [-0.2, 0) is 87.9 Å². The summed E-state index contributed by atoms with van der Waals surface area (Å²) < 4.78 is 0. The molecule has 0 saturated carbocycles. The normalized spacial score (nSPS) is 15.8. The molecular weight excluding hydrogens is 1330 g/mol. The van der Waals surface area contributed by atoms with Crippen LogP contribution >= 0.6 is 0 Å². The van der Waals surface area contributed by atoms with Crippen molar-refractivity contribution in [2.24, 2.45) is 29.4 Å². The van der Waals surface area contributed by atoms with Gasteiger partial charge in [-0.25, -0.2) is 0 Å². The molecule has 1 saturated heterocycles. The number of likely N-dealkylation sites (tertiary alicyclic amines) is 1. The van der Waals surface area contributed by atoms with Gasteiger partial charge in [-0.15, -0.1) is 0 Å². The van der Waals surface area contributed by atoms with Gasteiger partial charge in [0.05, 0.1) is 58.6 Å². The topological polar surface area (TPSA) is 589 Å². The summed E-state index contributed by atoms with van der Waals surface area (Å²) in [6.45, 7) is 5.97. The van der Waals surface area contributed by atoms with Crippen molar-refractivity contribution in [3.8, 4) is 0 Å². The second-order valence-electron chi connectivity index (χ2n) is 24.9. The maximum Gasteiger partial charge on any atom is 0.322 e. The van der Waals surface area contributed by atoms with Crippen molar-refractivity contribution in [1.82, 2.24) is 79.3 Å². The molecule has 1 heterocycles. The number of carboxylic acids is 2. The molecule has 0 aromatic heterocycles. The second kappa shape index (κ2) is 44.9. The molecule has 1 fully saturated rings. The fourth-order valence-corrected chi connectivity index (χ4v) is 9.84. The number of nitrogens with two attached hydrogens (primary N) is 1. The second-order valence-corrected chi connectivity index (χ2v) is 24.9. The first-order valence-electron chi connectivity index (χ1n) is 33.0. The average Bonchev–Trinajstić information content (AvgIpc) is 1.74. The number of amides is 15. The van der Waals surface area contributed by atoms with Crippen LogP contribution < -0.4 is 80.2 Å². The molecular formula is C63H100N16O22. The first-order valence-corrected chi connectivity index (χ1v) is 33.0. The number of nitrogens with one attached hydrogen (secondary N) is 14. The van der Waals surface area contributed by atoms with Gasteiger partial charge in [0, 0.05) is 19.4 Å². The van der Waals surface area contributed by atoms with Crippen LogP contribution in [0.15, 0.2) is 30.3 Å². The van der Waals surface area contributed by atoms with E-state index in [0.717, 1.165) is 0 Å². The number of aliphatic hydroxyl groups is 3. The van der Waals surface area contributed by atoms with Crippen LogP contribution in [0.4, 0.5) is 0 Å². The molecule has 0 radical (unpaired) electrons. The molecule has 1 aliphatic heterocycles. The lowest BCUT2D eigenvalue weighted by atomic mass is 9.97. The zero-order chi connectivity index (χ0) is 76.2. The van der Waals surface area contributed by atoms with Gasteiger partial charge in [-0.1, -0.05) is 98.6 Å². The highest BCUT2D eigenvalue weighted by atomic mass is 16.4. The van der Waals surface area contributed by atoms with E-state index in [1.807, 2.05) is 0 Å². The van der Waals surface area contributed by atoms with E-state index in [0.29, 0.717) is 24.8 Å². The predicted octanol–water partition coefficient (Wildman–Crippen LogP) is -8.16. The third kappa shape index (κ3) is 31.4. The van der Waals surface area contributed by atoms with E-state index in [1.54, 1.807) is 85.7 Å². The SMILES string of the molecule is CC[C@H](C)[C@H](NC(=O)CNC(=O)[C@H](Cc1ccccc1)NC(=O)CNC(=O)CNC(=O)[C@H](CO)NC(=O)[C@H](CO)NC(=O)[C@@H](NC(=O)[C@@H]1CCCN1C(=O)[C@@H](NC(=O)CNC(=O)[C@@H](N)CCC(=O)O)C(C)C)[C@@H](C)CC)C(=O)N[C@@H](CO)C(=O)NCC(=O)N[C@@H](CC(C)C)C(=O)NCC(=O)O. The van der Waals surface area contributed by atoms with E-state index in [4.69, 9.17) is 15.9 Å². The molecule has 2 rings (SSSR count). The Balaban J connectivity index is 2.04. The van der Waals surface area contributed by atoms with Crippen molar-refractivity contribution in [3.63, 3.8) is 0 Å².